The number of halogens is 2. The van der Waals surface area contributed by atoms with Crippen molar-refractivity contribution in [2.24, 2.45) is 0 Å². The average Bonchev–Trinajstić information content (AvgIpc) is 2.99. The molecule has 12 heteroatoms. The number of fused-ring (bicyclic) bond motifs is 1. The van der Waals surface area contributed by atoms with Crippen molar-refractivity contribution in [2.45, 2.75) is 77.7 Å². The van der Waals surface area contributed by atoms with Crippen molar-refractivity contribution < 1.29 is 19.0 Å². The molecule has 2 aromatic rings. The molecule has 1 amide bonds. The molecule has 1 aliphatic rings. The molecule has 1 aliphatic heterocycles. The molecule has 2 aromatic heterocycles. The van der Waals surface area contributed by atoms with E-state index in [1.54, 1.807) is 9.58 Å². The predicted molar refractivity (Wildman–Crippen MR) is 131 cm³/mol. The van der Waals surface area contributed by atoms with E-state index in [1.165, 1.54) is 0 Å². The van der Waals surface area contributed by atoms with Gasteiger partial charge in [-0.15, -0.1) is 0 Å². The molecule has 1 fully saturated rings. The molecular weight excluding hydrogens is 485 g/mol. The molecule has 0 spiro atoms. The van der Waals surface area contributed by atoms with Crippen LogP contribution in [0, 0.1) is 0 Å². The van der Waals surface area contributed by atoms with E-state index in [0.717, 1.165) is 18.9 Å². The first-order chi connectivity index (χ1) is 15.3. The number of hydrogen-bond donors (Lipinski definition) is 0. The van der Waals surface area contributed by atoms with Crippen LogP contribution in [0.25, 0.3) is 11.0 Å². The fraction of sp³-hybridized carbons (Fsp3) is 0.714. The third-order valence-electron chi connectivity index (χ3n) is 5.01. The number of piperidine rings is 1. The zero-order chi connectivity index (χ0) is 24.4. The lowest BCUT2D eigenvalue weighted by atomic mass is 10.1. The maximum absolute atomic E-state index is 12.5. The standard InChI is InChI=1S/C21H33Cl2N5O4Si/c1-21(2,3)32-20(29)27-9-7-8-14(12-27)31-18-15-16(22)26-28(17(15)24-19(23)25-18)13-30-10-11-33(4,5)6/h14H,7-13H2,1-6H3/t14-/m1/s1. The molecule has 1 atom stereocenters. The number of amides is 1. The molecule has 0 saturated carbocycles. The molecule has 3 heterocycles. The number of hydrogen-bond acceptors (Lipinski definition) is 7. The van der Waals surface area contributed by atoms with Crippen LogP contribution in [-0.4, -0.2) is 70.2 Å². The van der Waals surface area contributed by atoms with E-state index in [-0.39, 0.29) is 35.2 Å². The van der Waals surface area contributed by atoms with E-state index in [1.807, 2.05) is 20.8 Å². The predicted octanol–water partition coefficient (Wildman–Crippen LogP) is 5.22. The monoisotopic (exact) mass is 517 g/mol. The summed E-state index contributed by atoms with van der Waals surface area (Å²) >= 11 is 12.6. The average molecular weight is 519 g/mol. The Hall–Kier alpha value is -1.62. The van der Waals surface area contributed by atoms with Crippen molar-refractivity contribution in [3.8, 4) is 5.88 Å². The number of aromatic nitrogens is 4. The third kappa shape index (κ3) is 7.43. The Bertz CT molecular complexity index is 990. The number of nitrogens with zero attached hydrogens (tertiary/aromatic N) is 5. The minimum absolute atomic E-state index is 0.0252. The lowest BCUT2D eigenvalue weighted by Gasteiger charge is -2.34. The Morgan fingerprint density at radius 3 is 2.61 bits per heavy atom. The van der Waals surface area contributed by atoms with Gasteiger partial charge in [0.15, 0.2) is 10.8 Å². The first-order valence-electron chi connectivity index (χ1n) is 11.1. The Kier molecular flexibility index (Phi) is 8.14. The molecule has 0 radical (unpaired) electrons. The van der Waals surface area contributed by atoms with Gasteiger partial charge in [0, 0.05) is 21.2 Å². The van der Waals surface area contributed by atoms with E-state index >= 15 is 0 Å². The summed E-state index contributed by atoms with van der Waals surface area (Å²) in [5, 5.41) is 5.06. The number of ether oxygens (including phenoxy) is 3. The molecular formula is C21H33Cl2N5O4Si. The van der Waals surface area contributed by atoms with Crippen LogP contribution in [0.4, 0.5) is 4.79 Å². The van der Waals surface area contributed by atoms with Gasteiger partial charge in [-0.25, -0.2) is 9.48 Å². The topological polar surface area (TPSA) is 91.6 Å². The molecule has 0 aromatic carbocycles. The van der Waals surface area contributed by atoms with Crippen molar-refractivity contribution in [1.29, 1.82) is 0 Å². The fourth-order valence-electron chi connectivity index (χ4n) is 3.36. The number of carbonyl (C=O) groups excluding carboxylic acids is 1. The second-order valence-electron chi connectivity index (χ2n) is 10.4. The first kappa shape index (κ1) is 26.0. The lowest BCUT2D eigenvalue weighted by molar-refractivity contribution is 0.00741. The highest BCUT2D eigenvalue weighted by Gasteiger charge is 2.30. The Morgan fingerprint density at radius 1 is 1.21 bits per heavy atom. The largest absolute Gasteiger partial charge is 0.472 e. The van der Waals surface area contributed by atoms with Crippen LogP contribution in [0.15, 0.2) is 0 Å². The van der Waals surface area contributed by atoms with Gasteiger partial charge in [0.05, 0.1) is 6.54 Å². The van der Waals surface area contributed by atoms with Crippen LogP contribution < -0.4 is 4.74 Å². The minimum Gasteiger partial charge on any atom is -0.472 e. The van der Waals surface area contributed by atoms with Crippen LogP contribution in [0.5, 0.6) is 5.88 Å². The molecule has 3 rings (SSSR count). The minimum atomic E-state index is -1.20. The van der Waals surface area contributed by atoms with Crippen LogP contribution >= 0.6 is 23.2 Å². The van der Waals surface area contributed by atoms with Gasteiger partial charge in [0.25, 0.3) is 0 Å². The van der Waals surface area contributed by atoms with E-state index in [2.05, 4.69) is 34.7 Å². The summed E-state index contributed by atoms with van der Waals surface area (Å²) in [5.74, 6) is 0.249. The molecule has 184 valence electrons. The summed E-state index contributed by atoms with van der Waals surface area (Å²) in [6.45, 7) is 14.2. The second-order valence-corrected chi connectivity index (χ2v) is 16.8. The quantitative estimate of drug-likeness (QED) is 0.282. The van der Waals surface area contributed by atoms with Crippen molar-refractivity contribution in [2.75, 3.05) is 19.7 Å². The van der Waals surface area contributed by atoms with Crippen LogP contribution in [0.2, 0.25) is 36.1 Å². The van der Waals surface area contributed by atoms with Gasteiger partial charge in [0.2, 0.25) is 11.2 Å². The van der Waals surface area contributed by atoms with Crippen molar-refractivity contribution in [3.05, 3.63) is 10.4 Å². The Balaban J connectivity index is 1.74. The maximum Gasteiger partial charge on any atom is 0.410 e. The SMILES string of the molecule is CC(C)(C)OC(=O)N1CCC[C@@H](Oc2nc(Cl)nc3c2c(Cl)nn3COCC[Si](C)(C)C)C1. The van der Waals surface area contributed by atoms with E-state index in [9.17, 15) is 4.79 Å². The number of likely N-dealkylation sites (tertiary alicyclic amines) is 1. The van der Waals surface area contributed by atoms with Crippen molar-refractivity contribution in [3.63, 3.8) is 0 Å². The van der Waals surface area contributed by atoms with Crippen LogP contribution in [0.1, 0.15) is 33.6 Å². The van der Waals surface area contributed by atoms with Gasteiger partial charge < -0.3 is 19.1 Å². The summed E-state index contributed by atoms with van der Waals surface area (Å²) in [6, 6.07) is 1.04. The van der Waals surface area contributed by atoms with Gasteiger partial charge in [-0.1, -0.05) is 31.2 Å². The summed E-state index contributed by atoms with van der Waals surface area (Å²) in [4.78, 5) is 22.7. The molecule has 0 aliphatic carbocycles. The summed E-state index contributed by atoms with van der Waals surface area (Å²) in [5.41, 5.74) is -0.112. The first-order valence-corrected chi connectivity index (χ1v) is 15.6. The molecule has 33 heavy (non-hydrogen) atoms. The highest BCUT2D eigenvalue weighted by molar-refractivity contribution is 6.76. The van der Waals surface area contributed by atoms with Gasteiger partial charge in [-0.05, 0) is 51.3 Å². The highest BCUT2D eigenvalue weighted by Crippen LogP contribution is 2.32. The highest BCUT2D eigenvalue weighted by atomic mass is 35.5. The summed E-state index contributed by atoms with van der Waals surface area (Å²) in [6.07, 6.45) is 0.897. The zero-order valence-electron chi connectivity index (χ0n) is 20.2. The molecule has 9 nitrogen and oxygen atoms in total. The molecule has 0 N–H and O–H groups in total. The normalized spacial score (nSPS) is 17.5. The van der Waals surface area contributed by atoms with Gasteiger partial charge >= 0.3 is 6.09 Å². The zero-order valence-corrected chi connectivity index (χ0v) is 22.7. The Labute approximate surface area is 205 Å². The summed E-state index contributed by atoms with van der Waals surface area (Å²) in [7, 11) is -1.20. The van der Waals surface area contributed by atoms with Crippen molar-refractivity contribution in [1.82, 2.24) is 24.6 Å². The molecule has 0 unspecified atom stereocenters. The van der Waals surface area contributed by atoms with Crippen LogP contribution in [-0.2, 0) is 16.2 Å². The maximum atomic E-state index is 12.5. The molecule has 1 saturated heterocycles. The van der Waals surface area contributed by atoms with Crippen LogP contribution in [0.3, 0.4) is 0 Å². The van der Waals surface area contributed by atoms with E-state index in [4.69, 9.17) is 37.4 Å². The second kappa shape index (κ2) is 10.3. The van der Waals surface area contributed by atoms with E-state index < -0.39 is 13.7 Å². The van der Waals surface area contributed by atoms with E-state index in [0.29, 0.717) is 30.7 Å². The smallest absolute Gasteiger partial charge is 0.410 e. The lowest BCUT2D eigenvalue weighted by Crippen LogP contribution is -2.46. The number of rotatable bonds is 7. The van der Waals surface area contributed by atoms with Gasteiger partial charge in [-0.2, -0.15) is 15.1 Å². The number of carbonyl (C=O) groups is 1. The summed E-state index contributed by atoms with van der Waals surface area (Å²) < 4.78 is 19.0. The Morgan fingerprint density at radius 2 is 1.94 bits per heavy atom. The van der Waals surface area contributed by atoms with Crippen molar-refractivity contribution >= 4 is 48.4 Å². The van der Waals surface area contributed by atoms with Gasteiger partial charge in [-0.3, -0.25) is 0 Å². The molecule has 0 bridgehead atoms. The van der Waals surface area contributed by atoms with Gasteiger partial charge in [0.1, 0.15) is 23.8 Å². The fourth-order valence-corrected chi connectivity index (χ4v) is 4.53. The third-order valence-corrected chi connectivity index (χ3v) is 7.14.